The minimum absolute atomic E-state index is 0.236. The van der Waals surface area contributed by atoms with Crippen molar-refractivity contribution in [3.63, 3.8) is 0 Å². The van der Waals surface area contributed by atoms with Gasteiger partial charge in [-0.25, -0.2) is 4.39 Å². The number of carbonyl (C=O) groups is 1. The minimum Gasteiger partial charge on any atom is -0.491 e. The molecule has 0 radical (unpaired) electrons. The second kappa shape index (κ2) is 6.96. The van der Waals surface area contributed by atoms with Crippen LogP contribution in [-0.4, -0.2) is 24.2 Å². The number of carboxylic acid groups (broad SMARTS) is 1. The van der Waals surface area contributed by atoms with Crippen molar-refractivity contribution >= 4 is 5.97 Å². The molecule has 5 heteroatoms. The molecule has 1 rings (SSSR count). The smallest absolute Gasteiger partial charge is 0.307 e. The maximum atomic E-state index is 13.5. The summed E-state index contributed by atoms with van der Waals surface area (Å²) < 4.78 is 18.6. The van der Waals surface area contributed by atoms with Gasteiger partial charge >= 0.3 is 5.97 Å². The Morgan fingerprint density at radius 3 is 2.83 bits per heavy atom. The Hall–Kier alpha value is -1.62. The number of rotatable bonds is 7. The highest BCUT2D eigenvalue weighted by Crippen LogP contribution is 2.18. The first-order chi connectivity index (χ1) is 8.54. The third-order valence-corrected chi connectivity index (χ3v) is 2.50. The molecule has 0 fully saturated rings. The number of hydrogen-bond acceptors (Lipinski definition) is 3. The molecule has 100 valence electrons. The fraction of sp³-hybridized carbons (Fsp3) is 0.462. The van der Waals surface area contributed by atoms with Crippen LogP contribution in [0.2, 0.25) is 0 Å². The quantitative estimate of drug-likeness (QED) is 0.782. The maximum Gasteiger partial charge on any atom is 0.307 e. The second-order valence-electron chi connectivity index (χ2n) is 4.07. The van der Waals surface area contributed by atoms with E-state index in [0.717, 1.165) is 5.56 Å². The van der Waals surface area contributed by atoms with Gasteiger partial charge in [0.15, 0.2) is 11.6 Å². The van der Waals surface area contributed by atoms with Crippen LogP contribution < -0.4 is 10.1 Å². The summed E-state index contributed by atoms with van der Waals surface area (Å²) in [4.78, 5) is 10.6. The normalized spacial score (nSPS) is 12.2. The molecule has 1 atom stereocenters. The molecule has 1 aromatic rings. The second-order valence-corrected chi connectivity index (χ2v) is 4.07. The van der Waals surface area contributed by atoms with Gasteiger partial charge in [0.25, 0.3) is 0 Å². The van der Waals surface area contributed by atoms with E-state index in [0.29, 0.717) is 19.7 Å². The van der Waals surface area contributed by atoms with Gasteiger partial charge in [-0.3, -0.25) is 4.79 Å². The van der Waals surface area contributed by atoms with Crippen LogP contribution in [0.4, 0.5) is 4.39 Å². The van der Waals surface area contributed by atoms with Crippen LogP contribution in [0.1, 0.15) is 19.4 Å². The lowest BCUT2D eigenvalue weighted by atomic mass is 10.1. The summed E-state index contributed by atoms with van der Waals surface area (Å²) in [6.45, 7) is 4.62. The van der Waals surface area contributed by atoms with Crippen LogP contribution in [0.5, 0.6) is 5.75 Å². The molecule has 0 aliphatic carbocycles. The highest BCUT2D eigenvalue weighted by molar-refractivity contribution is 5.69. The molecule has 1 unspecified atom stereocenters. The summed E-state index contributed by atoms with van der Waals surface area (Å²) in [5.74, 6) is -1.47. The molecular weight excluding hydrogens is 237 g/mol. The first kappa shape index (κ1) is 14.4. The molecular formula is C13H18FNO3. The summed E-state index contributed by atoms with van der Waals surface area (Å²) in [7, 11) is 0. The molecule has 0 aliphatic rings. The molecule has 0 heterocycles. The van der Waals surface area contributed by atoms with Crippen molar-refractivity contribution in [2.75, 3.05) is 13.2 Å². The van der Waals surface area contributed by atoms with Gasteiger partial charge in [0.1, 0.15) is 0 Å². The Morgan fingerprint density at radius 1 is 1.56 bits per heavy atom. The highest BCUT2D eigenvalue weighted by atomic mass is 19.1. The number of ether oxygens (including phenoxy) is 1. The monoisotopic (exact) mass is 255 g/mol. The van der Waals surface area contributed by atoms with E-state index in [1.807, 2.05) is 0 Å². The van der Waals surface area contributed by atoms with Crippen molar-refractivity contribution in [3.8, 4) is 5.75 Å². The Labute approximate surface area is 106 Å². The van der Waals surface area contributed by atoms with Crippen molar-refractivity contribution < 1.29 is 19.0 Å². The van der Waals surface area contributed by atoms with E-state index in [2.05, 4.69) is 5.32 Å². The van der Waals surface area contributed by atoms with Crippen LogP contribution in [-0.2, 0) is 11.3 Å². The van der Waals surface area contributed by atoms with E-state index in [1.165, 1.54) is 6.07 Å². The predicted molar refractivity (Wildman–Crippen MR) is 66.1 cm³/mol. The van der Waals surface area contributed by atoms with Gasteiger partial charge in [-0.05, 0) is 24.6 Å². The average molecular weight is 255 g/mol. The molecule has 1 aromatic carbocycles. The topological polar surface area (TPSA) is 58.6 Å². The molecule has 0 spiro atoms. The van der Waals surface area contributed by atoms with E-state index in [4.69, 9.17) is 9.84 Å². The summed E-state index contributed by atoms with van der Waals surface area (Å²) in [5, 5.41) is 11.7. The zero-order chi connectivity index (χ0) is 13.5. The van der Waals surface area contributed by atoms with Crippen LogP contribution >= 0.6 is 0 Å². The molecule has 0 bridgehead atoms. The van der Waals surface area contributed by atoms with Crippen molar-refractivity contribution in [1.82, 2.24) is 5.32 Å². The molecule has 4 nitrogen and oxygen atoms in total. The fourth-order valence-electron chi connectivity index (χ4n) is 1.45. The first-order valence-corrected chi connectivity index (χ1v) is 5.89. The summed E-state index contributed by atoms with van der Waals surface area (Å²) in [5.41, 5.74) is 0.758. The zero-order valence-electron chi connectivity index (χ0n) is 10.6. The standard InChI is InChI=1S/C13H18FNO3/c1-3-18-12-5-4-10(6-11(12)14)8-15-7-9(2)13(16)17/h4-6,9,15H,3,7-8H2,1-2H3,(H,16,17). The van der Waals surface area contributed by atoms with Crippen molar-refractivity contribution in [2.45, 2.75) is 20.4 Å². The first-order valence-electron chi connectivity index (χ1n) is 5.89. The Morgan fingerprint density at radius 2 is 2.28 bits per heavy atom. The third kappa shape index (κ3) is 4.33. The molecule has 2 N–H and O–H groups in total. The van der Waals surface area contributed by atoms with Gasteiger partial charge in [-0.2, -0.15) is 0 Å². The Kier molecular flexibility index (Phi) is 5.58. The zero-order valence-corrected chi connectivity index (χ0v) is 10.6. The van der Waals surface area contributed by atoms with E-state index >= 15 is 0 Å². The number of nitrogens with one attached hydrogen (secondary N) is 1. The largest absolute Gasteiger partial charge is 0.491 e. The van der Waals surface area contributed by atoms with Gasteiger partial charge in [0, 0.05) is 13.1 Å². The van der Waals surface area contributed by atoms with E-state index in [9.17, 15) is 9.18 Å². The van der Waals surface area contributed by atoms with E-state index in [1.54, 1.807) is 26.0 Å². The molecule has 18 heavy (non-hydrogen) atoms. The van der Waals surface area contributed by atoms with E-state index < -0.39 is 17.7 Å². The SMILES string of the molecule is CCOc1ccc(CNCC(C)C(=O)O)cc1F. The number of halogens is 1. The molecule has 0 saturated carbocycles. The number of benzene rings is 1. The van der Waals surface area contributed by atoms with Gasteiger partial charge in [0.05, 0.1) is 12.5 Å². The molecule has 0 amide bonds. The number of aliphatic carboxylic acids is 1. The van der Waals surface area contributed by atoms with Crippen LogP contribution in [0, 0.1) is 11.7 Å². The van der Waals surface area contributed by atoms with Gasteiger partial charge in [0.2, 0.25) is 0 Å². The number of hydrogen-bond donors (Lipinski definition) is 2. The van der Waals surface area contributed by atoms with Gasteiger partial charge in [-0.1, -0.05) is 13.0 Å². The van der Waals surface area contributed by atoms with Crippen LogP contribution in [0.15, 0.2) is 18.2 Å². The molecule has 0 aliphatic heterocycles. The molecule has 0 saturated heterocycles. The average Bonchev–Trinajstić information content (AvgIpc) is 2.32. The predicted octanol–water partition coefficient (Wildman–Crippen LogP) is 2.03. The molecule has 0 aromatic heterocycles. The fourth-order valence-corrected chi connectivity index (χ4v) is 1.45. The lowest BCUT2D eigenvalue weighted by Crippen LogP contribution is -2.25. The third-order valence-electron chi connectivity index (χ3n) is 2.50. The maximum absolute atomic E-state index is 13.5. The highest BCUT2D eigenvalue weighted by Gasteiger charge is 2.10. The van der Waals surface area contributed by atoms with Crippen molar-refractivity contribution in [2.24, 2.45) is 5.92 Å². The van der Waals surface area contributed by atoms with Crippen LogP contribution in [0.3, 0.4) is 0 Å². The summed E-state index contributed by atoms with van der Waals surface area (Å²) in [6.07, 6.45) is 0. The van der Waals surface area contributed by atoms with E-state index in [-0.39, 0.29) is 5.75 Å². The van der Waals surface area contributed by atoms with Crippen LogP contribution in [0.25, 0.3) is 0 Å². The van der Waals surface area contributed by atoms with Gasteiger partial charge in [-0.15, -0.1) is 0 Å². The summed E-state index contributed by atoms with van der Waals surface area (Å²) in [6, 6.07) is 4.73. The number of carboxylic acids is 1. The van der Waals surface area contributed by atoms with Crippen molar-refractivity contribution in [1.29, 1.82) is 0 Å². The summed E-state index contributed by atoms with van der Waals surface area (Å²) >= 11 is 0. The Bertz CT molecular complexity index is 409. The lowest BCUT2D eigenvalue weighted by Gasteiger charge is -2.09. The lowest BCUT2D eigenvalue weighted by molar-refractivity contribution is -0.140. The van der Waals surface area contributed by atoms with Crippen molar-refractivity contribution in [3.05, 3.63) is 29.6 Å². The van der Waals surface area contributed by atoms with Gasteiger partial charge < -0.3 is 15.2 Å². The minimum atomic E-state index is -0.847. The Balaban J connectivity index is 2.48.